The van der Waals surface area contributed by atoms with E-state index in [-0.39, 0.29) is 5.82 Å². The molecule has 0 fully saturated rings. The molecule has 2 rings (SSSR count). The number of rotatable bonds is 3. The molecular weight excluding hydrogens is 219 g/mol. The first-order valence-electron chi connectivity index (χ1n) is 5.23. The second kappa shape index (κ2) is 4.78. The first-order chi connectivity index (χ1) is 8.13. The van der Waals surface area contributed by atoms with Crippen molar-refractivity contribution in [2.45, 2.75) is 13.5 Å². The zero-order valence-electron chi connectivity index (χ0n) is 9.44. The Bertz CT molecular complexity index is 490. The summed E-state index contributed by atoms with van der Waals surface area (Å²) in [6.45, 7) is 2.34. The molecule has 0 spiro atoms. The van der Waals surface area contributed by atoms with Crippen LogP contribution in [0.4, 0.5) is 16.0 Å². The predicted molar refractivity (Wildman–Crippen MR) is 64.9 cm³/mol. The van der Waals surface area contributed by atoms with Crippen molar-refractivity contribution in [3.8, 4) is 0 Å². The molecular formula is C12H13FN4. The fourth-order valence-corrected chi connectivity index (χ4v) is 1.48. The third-order valence-corrected chi connectivity index (χ3v) is 2.24. The summed E-state index contributed by atoms with van der Waals surface area (Å²) in [5, 5.41) is 3.11. The lowest BCUT2D eigenvalue weighted by molar-refractivity contribution is 0.627. The Morgan fingerprint density at radius 1 is 1.24 bits per heavy atom. The van der Waals surface area contributed by atoms with Crippen LogP contribution in [0.1, 0.15) is 11.4 Å². The molecule has 0 aliphatic carbocycles. The molecule has 1 aromatic carbocycles. The van der Waals surface area contributed by atoms with E-state index in [1.807, 2.05) is 0 Å². The first-order valence-corrected chi connectivity index (χ1v) is 5.23. The van der Waals surface area contributed by atoms with Crippen molar-refractivity contribution >= 4 is 11.6 Å². The molecule has 1 heterocycles. The van der Waals surface area contributed by atoms with Crippen LogP contribution in [0.5, 0.6) is 0 Å². The molecule has 17 heavy (non-hydrogen) atoms. The van der Waals surface area contributed by atoms with Crippen molar-refractivity contribution in [1.82, 2.24) is 9.97 Å². The van der Waals surface area contributed by atoms with E-state index in [9.17, 15) is 4.39 Å². The number of aromatic nitrogens is 2. The van der Waals surface area contributed by atoms with Gasteiger partial charge in [0.25, 0.3) is 0 Å². The number of anilines is 2. The van der Waals surface area contributed by atoms with Crippen molar-refractivity contribution in [3.05, 3.63) is 47.5 Å². The van der Waals surface area contributed by atoms with Crippen LogP contribution in [0.25, 0.3) is 0 Å². The number of nitrogens with one attached hydrogen (secondary N) is 1. The minimum absolute atomic E-state index is 0.240. The van der Waals surface area contributed by atoms with Gasteiger partial charge in [0.15, 0.2) is 0 Å². The summed E-state index contributed by atoms with van der Waals surface area (Å²) in [5.74, 6) is 1.47. The molecule has 0 unspecified atom stereocenters. The minimum Gasteiger partial charge on any atom is -0.384 e. The quantitative estimate of drug-likeness (QED) is 0.850. The van der Waals surface area contributed by atoms with E-state index in [0.29, 0.717) is 24.0 Å². The van der Waals surface area contributed by atoms with Gasteiger partial charge in [-0.1, -0.05) is 12.1 Å². The van der Waals surface area contributed by atoms with Gasteiger partial charge in [-0.05, 0) is 24.6 Å². The average Bonchev–Trinajstić information content (AvgIpc) is 2.27. The molecule has 0 saturated heterocycles. The van der Waals surface area contributed by atoms with E-state index in [2.05, 4.69) is 15.3 Å². The molecule has 3 N–H and O–H groups in total. The number of benzene rings is 1. The van der Waals surface area contributed by atoms with Gasteiger partial charge >= 0.3 is 0 Å². The van der Waals surface area contributed by atoms with E-state index in [4.69, 9.17) is 5.73 Å². The Balaban J connectivity index is 2.04. The highest BCUT2D eigenvalue weighted by atomic mass is 19.1. The van der Waals surface area contributed by atoms with Gasteiger partial charge < -0.3 is 11.1 Å². The smallest absolute Gasteiger partial charge is 0.132 e. The molecule has 1 aromatic heterocycles. The topological polar surface area (TPSA) is 63.8 Å². The summed E-state index contributed by atoms with van der Waals surface area (Å²) in [4.78, 5) is 8.17. The molecule has 0 radical (unpaired) electrons. The molecule has 5 heteroatoms. The maximum absolute atomic E-state index is 12.7. The van der Waals surface area contributed by atoms with E-state index in [1.54, 1.807) is 25.1 Å². The minimum atomic E-state index is -0.240. The van der Waals surface area contributed by atoms with Crippen molar-refractivity contribution in [1.29, 1.82) is 0 Å². The van der Waals surface area contributed by atoms with Crippen LogP contribution in [-0.2, 0) is 6.54 Å². The third-order valence-electron chi connectivity index (χ3n) is 2.24. The largest absolute Gasteiger partial charge is 0.384 e. The Labute approximate surface area is 98.7 Å². The highest BCUT2D eigenvalue weighted by molar-refractivity contribution is 5.44. The summed E-state index contributed by atoms with van der Waals surface area (Å²) < 4.78 is 12.7. The highest BCUT2D eigenvalue weighted by Gasteiger charge is 1.99. The van der Waals surface area contributed by atoms with Crippen molar-refractivity contribution in [3.63, 3.8) is 0 Å². The van der Waals surface area contributed by atoms with Gasteiger partial charge in [-0.25, -0.2) is 14.4 Å². The van der Waals surface area contributed by atoms with Crippen LogP contribution in [0.2, 0.25) is 0 Å². The van der Waals surface area contributed by atoms with E-state index in [0.717, 1.165) is 5.56 Å². The zero-order chi connectivity index (χ0) is 12.3. The van der Waals surface area contributed by atoms with Gasteiger partial charge in [0.05, 0.1) is 0 Å². The van der Waals surface area contributed by atoms with Crippen LogP contribution in [0.15, 0.2) is 30.3 Å². The predicted octanol–water partition coefficient (Wildman–Crippen LogP) is 2.12. The van der Waals surface area contributed by atoms with Crippen LogP contribution >= 0.6 is 0 Å². The molecule has 0 bridgehead atoms. The summed E-state index contributed by atoms with van der Waals surface area (Å²) in [6, 6.07) is 7.96. The van der Waals surface area contributed by atoms with Gasteiger partial charge in [-0.3, -0.25) is 0 Å². The second-order valence-electron chi connectivity index (χ2n) is 3.71. The molecule has 2 aromatic rings. The Morgan fingerprint density at radius 2 is 1.94 bits per heavy atom. The molecule has 0 atom stereocenters. The van der Waals surface area contributed by atoms with E-state index >= 15 is 0 Å². The van der Waals surface area contributed by atoms with Gasteiger partial charge in [0.1, 0.15) is 23.3 Å². The summed E-state index contributed by atoms with van der Waals surface area (Å²) in [5.41, 5.74) is 6.58. The average molecular weight is 232 g/mol. The normalized spacial score (nSPS) is 10.2. The van der Waals surface area contributed by atoms with E-state index in [1.165, 1.54) is 12.1 Å². The molecule has 4 nitrogen and oxygen atoms in total. The zero-order valence-corrected chi connectivity index (χ0v) is 9.44. The first kappa shape index (κ1) is 11.3. The number of aryl methyl sites for hydroxylation is 1. The SMILES string of the molecule is Cc1nc(N)cc(NCc2ccc(F)cc2)n1. The number of halogens is 1. The van der Waals surface area contributed by atoms with Crippen molar-refractivity contribution in [2.24, 2.45) is 0 Å². The standard InChI is InChI=1S/C12H13FN4/c1-8-16-11(14)6-12(17-8)15-7-9-2-4-10(13)5-3-9/h2-6H,7H2,1H3,(H3,14,15,16,17). The Morgan fingerprint density at radius 3 is 2.59 bits per heavy atom. The Kier molecular flexibility index (Phi) is 3.18. The van der Waals surface area contributed by atoms with E-state index < -0.39 is 0 Å². The van der Waals surface area contributed by atoms with Gasteiger partial charge in [-0.15, -0.1) is 0 Å². The van der Waals surface area contributed by atoms with Gasteiger partial charge in [-0.2, -0.15) is 0 Å². The third kappa shape index (κ3) is 3.14. The number of nitrogens with two attached hydrogens (primary N) is 1. The van der Waals surface area contributed by atoms with Crippen LogP contribution in [-0.4, -0.2) is 9.97 Å². The number of hydrogen-bond donors (Lipinski definition) is 2. The summed E-state index contributed by atoms with van der Waals surface area (Å²) >= 11 is 0. The fraction of sp³-hybridized carbons (Fsp3) is 0.167. The lowest BCUT2D eigenvalue weighted by Crippen LogP contribution is -2.04. The van der Waals surface area contributed by atoms with Crippen LogP contribution < -0.4 is 11.1 Å². The highest BCUT2D eigenvalue weighted by Crippen LogP contribution is 2.10. The maximum atomic E-state index is 12.7. The molecule has 0 aliphatic heterocycles. The van der Waals surface area contributed by atoms with Crippen LogP contribution in [0.3, 0.4) is 0 Å². The lowest BCUT2D eigenvalue weighted by atomic mass is 10.2. The number of hydrogen-bond acceptors (Lipinski definition) is 4. The van der Waals surface area contributed by atoms with Crippen molar-refractivity contribution < 1.29 is 4.39 Å². The van der Waals surface area contributed by atoms with Gasteiger partial charge in [0.2, 0.25) is 0 Å². The monoisotopic (exact) mass is 232 g/mol. The second-order valence-corrected chi connectivity index (χ2v) is 3.71. The molecule has 0 aliphatic rings. The lowest BCUT2D eigenvalue weighted by Gasteiger charge is -2.07. The number of nitrogens with zero attached hydrogens (tertiary/aromatic N) is 2. The molecule has 88 valence electrons. The number of nitrogen functional groups attached to an aromatic ring is 1. The summed E-state index contributed by atoms with van der Waals surface area (Å²) in [7, 11) is 0. The molecule has 0 amide bonds. The molecule has 0 saturated carbocycles. The van der Waals surface area contributed by atoms with Crippen molar-refractivity contribution in [2.75, 3.05) is 11.1 Å². The van der Waals surface area contributed by atoms with Crippen LogP contribution in [0, 0.1) is 12.7 Å². The maximum Gasteiger partial charge on any atom is 0.132 e. The summed E-state index contributed by atoms with van der Waals surface area (Å²) in [6.07, 6.45) is 0. The fourth-order valence-electron chi connectivity index (χ4n) is 1.48. The van der Waals surface area contributed by atoms with Gasteiger partial charge in [0, 0.05) is 12.6 Å². The Hall–Kier alpha value is -2.17.